The van der Waals surface area contributed by atoms with Gasteiger partial charge in [-0.15, -0.1) is 5.10 Å². The van der Waals surface area contributed by atoms with Gasteiger partial charge in [-0.2, -0.15) is 5.10 Å². The molecule has 0 bridgehead atoms. The van der Waals surface area contributed by atoms with Crippen LogP contribution >= 0.6 is 0 Å². The number of carbonyl (C=O) groups excluding carboxylic acids is 1. The number of hydrogen-bond donors (Lipinski definition) is 2. The molecular weight excluding hydrogens is 272 g/mol. The highest BCUT2D eigenvalue weighted by molar-refractivity contribution is 5.94. The summed E-state index contributed by atoms with van der Waals surface area (Å²) in [6, 6.07) is 2.95. The number of hydrogen-bond acceptors (Lipinski definition) is 6. The molecule has 1 aliphatic heterocycles. The molecule has 0 spiro atoms. The monoisotopic (exact) mass is 294 g/mol. The van der Waals surface area contributed by atoms with Crippen molar-refractivity contribution in [3.63, 3.8) is 0 Å². The third kappa shape index (κ3) is 4.45. The Balaban J connectivity index is 1.99. The average molecular weight is 294 g/mol. The minimum atomic E-state index is -1.09. The highest BCUT2D eigenvalue weighted by Gasteiger charge is 2.36. The number of rotatable bonds is 4. The molecule has 7 nitrogen and oxygen atoms in total. The number of likely N-dealkylation sites (tertiary alicyclic amines) is 1. The maximum Gasteiger partial charge on any atom is 0.243 e. The lowest BCUT2D eigenvalue weighted by Gasteiger charge is -2.32. The minimum Gasteiger partial charge on any atom is -0.356 e. The molecule has 1 fully saturated rings. The first kappa shape index (κ1) is 15.8. The smallest absolute Gasteiger partial charge is 0.243 e. The van der Waals surface area contributed by atoms with Crippen LogP contribution in [0.4, 0.5) is 5.82 Å². The van der Waals surface area contributed by atoms with Crippen LogP contribution in [0.2, 0.25) is 0 Å². The summed E-state index contributed by atoms with van der Waals surface area (Å²) in [7, 11) is 0. The van der Waals surface area contributed by atoms with Gasteiger partial charge in [-0.3, -0.25) is 4.79 Å². The van der Waals surface area contributed by atoms with Crippen LogP contribution in [0.5, 0.6) is 0 Å². The van der Waals surface area contributed by atoms with Crippen molar-refractivity contribution in [1.29, 1.82) is 0 Å². The Bertz CT molecular complexity index is 475. The first-order chi connectivity index (χ1) is 9.87. The molecule has 0 radical (unpaired) electrons. The third-order valence-electron chi connectivity index (χ3n) is 3.16. The molecule has 21 heavy (non-hydrogen) atoms. The summed E-state index contributed by atoms with van der Waals surface area (Å²) < 4.78 is 5.53. The molecule has 1 aromatic rings. The minimum absolute atomic E-state index is 0.204. The van der Waals surface area contributed by atoms with Gasteiger partial charge in [-0.25, -0.2) is 4.90 Å². The molecule has 0 saturated carbocycles. The van der Waals surface area contributed by atoms with Crippen molar-refractivity contribution < 1.29 is 14.6 Å². The Hall–Kier alpha value is -1.57. The van der Waals surface area contributed by atoms with Crippen LogP contribution in [-0.2, 0) is 9.53 Å². The van der Waals surface area contributed by atoms with E-state index >= 15 is 0 Å². The van der Waals surface area contributed by atoms with E-state index in [0.29, 0.717) is 18.8 Å². The molecule has 2 atom stereocenters. The van der Waals surface area contributed by atoms with Crippen LogP contribution in [0, 0.1) is 0 Å². The van der Waals surface area contributed by atoms with Gasteiger partial charge < -0.3 is 15.2 Å². The van der Waals surface area contributed by atoms with Crippen LogP contribution in [0.15, 0.2) is 18.3 Å². The summed E-state index contributed by atoms with van der Waals surface area (Å²) in [5.74, 6) is 0.199. The second kappa shape index (κ2) is 6.46. The maximum atomic E-state index is 12.3. The van der Waals surface area contributed by atoms with E-state index in [-0.39, 0.29) is 5.91 Å². The molecule has 1 unspecified atom stereocenters. The van der Waals surface area contributed by atoms with Crippen molar-refractivity contribution in [3.05, 3.63) is 18.3 Å². The Morgan fingerprint density at radius 2 is 2.33 bits per heavy atom. The zero-order chi connectivity index (χ0) is 15.5. The van der Waals surface area contributed by atoms with E-state index in [0.717, 1.165) is 6.42 Å². The number of aromatic nitrogens is 2. The highest BCUT2D eigenvalue weighted by Crippen LogP contribution is 2.23. The Morgan fingerprint density at radius 3 is 2.95 bits per heavy atom. The van der Waals surface area contributed by atoms with E-state index < -0.39 is 18.1 Å². The van der Waals surface area contributed by atoms with Crippen molar-refractivity contribution in [2.75, 3.05) is 11.9 Å². The number of anilines is 1. The molecule has 2 heterocycles. The topological polar surface area (TPSA) is 87.6 Å². The molecule has 2 N–H and O–H groups in total. The van der Waals surface area contributed by atoms with Crippen LogP contribution in [0.1, 0.15) is 33.6 Å². The van der Waals surface area contributed by atoms with Crippen LogP contribution in [-0.4, -0.2) is 50.7 Å². The molecular formula is C14H22N4O3. The van der Waals surface area contributed by atoms with Gasteiger partial charge in [0.2, 0.25) is 12.3 Å². The number of ether oxygens (including phenoxy) is 1. The average Bonchev–Trinajstić information content (AvgIpc) is 2.87. The van der Waals surface area contributed by atoms with E-state index in [9.17, 15) is 9.90 Å². The molecule has 1 aromatic heterocycles. The summed E-state index contributed by atoms with van der Waals surface area (Å²) in [6.45, 7) is 6.21. The molecule has 2 rings (SSSR count). The maximum absolute atomic E-state index is 12.3. The molecule has 1 saturated heterocycles. The van der Waals surface area contributed by atoms with Gasteiger partial charge in [0.05, 0.1) is 11.6 Å². The molecule has 116 valence electrons. The summed E-state index contributed by atoms with van der Waals surface area (Å²) in [6.07, 6.45) is 1.96. The number of amides is 1. The molecule has 7 heteroatoms. The summed E-state index contributed by atoms with van der Waals surface area (Å²) >= 11 is 0. The van der Waals surface area contributed by atoms with Crippen LogP contribution < -0.4 is 5.32 Å². The van der Waals surface area contributed by atoms with Crippen molar-refractivity contribution in [2.24, 2.45) is 0 Å². The molecule has 1 aliphatic rings. The van der Waals surface area contributed by atoms with Gasteiger partial charge in [0.1, 0.15) is 0 Å². The van der Waals surface area contributed by atoms with Crippen LogP contribution in [0.3, 0.4) is 0 Å². The summed E-state index contributed by atoms with van der Waals surface area (Å²) in [5, 5.41) is 20.4. The number of carbonyl (C=O) groups is 1. The SMILES string of the molecule is CC(C)(C)OC(O)N1CCC[C@H]1C(=O)Nc1cccnn1. The fourth-order valence-corrected chi connectivity index (χ4v) is 2.30. The second-order valence-electron chi connectivity index (χ2n) is 6.05. The Morgan fingerprint density at radius 1 is 1.57 bits per heavy atom. The molecule has 0 aromatic carbocycles. The van der Waals surface area contributed by atoms with Crippen molar-refractivity contribution >= 4 is 11.7 Å². The van der Waals surface area contributed by atoms with E-state index in [1.54, 1.807) is 23.2 Å². The lowest BCUT2D eigenvalue weighted by atomic mass is 10.2. The fraction of sp³-hybridized carbons (Fsp3) is 0.643. The van der Waals surface area contributed by atoms with E-state index in [1.165, 1.54) is 0 Å². The molecule has 0 aliphatic carbocycles. The van der Waals surface area contributed by atoms with Gasteiger partial charge in [0.15, 0.2) is 5.82 Å². The first-order valence-electron chi connectivity index (χ1n) is 7.07. The second-order valence-corrected chi connectivity index (χ2v) is 6.05. The quantitative estimate of drug-likeness (QED) is 0.805. The lowest BCUT2D eigenvalue weighted by Crippen LogP contribution is -2.48. The standard InChI is InChI=1S/C14H22N4O3/c1-14(2,3)21-13(20)18-9-5-6-10(18)12(19)16-11-7-4-8-15-17-11/h4,7-8,10,13,20H,5-6,9H2,1-3H3,(H,16,17,19)/t10-,13?/m0/s1. The predicted octanol–water partition coefficient (Wildman–Crippen LogP) is 0.970. The van der Waals surface area contributed by atoms with Gasteiger partial charge in [-0.1, -0.05) is 0 Å². The largest absolute Gasteiger partial charge is 0.356 e. The van der Waals surface area contributed by atoms with Gasteiger partial charge in [0.25, 0.3) is 0 Å². The highest BCUT2D eigenvalue weighted by atomic mass is 16.6. The summed E-state index contributed by atoms with van der Waals surface area (Å²) in [5.41, 5.74) is -0.478. The van der Waals surface area contributed by atoms with Gasteiger partial charge >= 0.3 is 0 Å². The first-order valence-corrected chi connectivity index (χ1v) is 7.07. The number of aliphatic hydroxyl groups is 1. The van der Waals surface area contributed by atoms with Gasteiger partial charge in [0, 0.05) is 12.7 Å². The van der Waals surface area contributed by atoms with Gasteiger partial charge in [-0.05, 0) is 45.7 Å². The van der Waals surface area contributed by atoms with E-state index in [2.05, 4.69) is 15.5 Å². The zero-order valence-corrected chi connectivity index (χ0v) is 12.6. The van der Waals surface area contributed by atoms with Crippen LogP contribution in [0.25, 0.3) is 0 Å². The zero-order valence-electron chi connectivity index (χ0n) is 12.6. The van der Waals surface area contributed by atoms with E-state index in [4.69, 9.17) is 4.74 Å². The van der Waals surface area contributed by atoms with Crippen molar-refractivity contribution in [1.82, 2.24) is 15.1 Å². The normalized spacial score (nSPS) is 21.2. The predicted molar refractivity (Wildman–Crippen MR) is 77.2 cm³/mol. The van der Waals surface area contributed by atoms with Crippen molar-refractivity contribution in [2.45, 2.75) is 51.7 Å². The Kier molecular flexibility index (Phi) is 4.87. The fourth-order valence-electron chi connectivity index (χ4n) is 2.30. The lowest BCUT2D eigenvalue weighted by molar-refractivity contribution is -0.240. The third-order valence-corrected chi connectivity index (χ3v) is 3.16. The Labute approximate surface area is 124 Å². The number of nitrogens with one attached hydrogen (secondary N) is 1. The number of nitrogens with zero attached hydrogens (tertiary/aromatic N) is 3. The number of aliphatic hydroxyl groups excluding tert-OH is 1. The van der Waals surface area contributed by atoms with Crippen molar-refractivity contribution in [3.8, 4) is 0 Å². The molecule has 1 amide bonds. The summed E-state index contributed by atoms with van der Waals surface area (Å²) in [4.78, 5) is 14.0. The van der Waals surface area contributed by atoms with E-state index in [1.807, 2.05) is 20.8 Å².